The summed E-state index contributed by atoms with van der Waals surface area (Å²) in [7, 11) is 0. The fourth-order valence-electron chi connectivity index (χ4n) is 4.69. The van der Waals surface area contributed by atoms with Gasteiger partial charge in [-0.05, 0) is 35.4 Å². The lowest BCUT2D eigenvalue weighted by molar-refractivity contribution is -0.138. The molecule has 0 atom stereocenters. The van der Waals surface area contributed by atoms with Gasteiger partial charge in [0.15, 0.2) is 0 Å². The van der Waals surface area contributed by atoms with E-state index in [-0.39, 0.29) is 0 Å². The smallest absolute Gasteiger partial charge is 0.248 e. The molecule has 1 aliphatic rings. The van der Waals surface area contributed by atoms with Crippen LogP contribution in [0.15, 0.2) is 60.9 Å². The average Bonchev–Trinajstić information content (AvgIpc) is 3.77. The Labute approximate surface area is 249 Å². The van der Waals surface area contributed by atoms with Crippen LogP contribution in [-0.4, -0.2) is 27.5 Å². The first-order valence-corrected chi connectivity index (χ1v) is 15.1. The summed E-state index contributed by atoms with van der Waals surface area (Å²) in [6, 6.07) is 9.82. The summed E-state index contributed by atoms with van der Waals surface area (Å²) >= 11 is 4.72. The molecule has 6 aromatic rings. The highest BCUT2D eigenvalue weighted by Crippen LogP contribution is 2.49. The molecule has 16 heteroatoms. The second-order valence-electron chi connectivity index (χ2n) is 9.21. The van der Waals surface area contributed by atoms with E-state index in [0.29, 0.717) is 53.7 Å². The summed E-state index contributed by atoms with van der Waals surface area (Å²) in [5.74, 6) is -0.933. The quantitative estimate of drug-likeness (QED) is 0.178. The number of fused-ring (bicyclic) bond motifs is 2. The highest BCUT2D eigenvalue weighted by Gasteiger charge is 2.43. The number of aromatic nitrogens is 6. The Kier molecular flexibility index (Phi) is 6.49. The van der Waals surface area contributed by atoms with Gasteiger partial charge in [-0.2, -0.15) is 43.8 Å². The molecule has 42 heavy (non-hydrogen) atoms. The van der Waals surface area contributed by atoms with Crippen LogP contribution in [0.1, 0.15) is 55.8 Å². The average molecular weight is 651 g/mol. The largest absolute Gasteiger partial charge is 0.416 e. The Hall–Kier alpha value is -3.60. The van der Waals surface area contributed by atoms with Crippen LogP contribution in [0.4, 0.5) is 26.3 Å². The summed E-state index contributed by atoms with van der Waals surface area (Å²) < 4.78 is 96.3. The van der Waals surface area contributed by atoms with Crippen LogP contribution in [-0.2, 0) is 12.4 Å². The van der Waals surface area contributed by atoms with Crippen molar-refractivity contribution in [2.24, 2.45) is 0 Å². The van der Waals surface area contributed by atoms with Crippen LogP contribution >= 0.6 is 46.1 Å². The Balaban J connectivity index is 1.22. The van der Waals surface area contributed by atoms with Gasteiger partial charge in [-0.15, -0.1) is 22.7 Å². The van der Waals surface area contributed by atoms with E-state index in [1.807, 2.05) is 0 Å². The predicted molar refractivity (Wildman–Crippen MR) is 147 cm³/mol. The molecule has 4 heterocycles. The SMILES string of the molecule is FC(F)(F)c1ccc(-c2cnc(C3c4nsnc4C(c4ncc(-c5ccc(C(F)(F)F)cc5)s4)c4nsnc43)s2)cc1. The van der Waals surface area contributed by atoms with E-state index in [9.17, 15) is 26.3 Å². The molecule has 4 aromatic heterocycles. The minimum absolute atomic E-state index is 0.466. The van der Waals surface area contributed by atoms with Gasteiger partial charge in [-0.1, -0.05) is 24.3 Å². The molecule has 0 aliphatic heterocycles. The molecular formula is C26H12F6N6S4. The minimum atomic E-state index is -4.42. The zero-order valence-corrected chi connectivity index (χ0v) is 23.8. The Morgan fingerprint density at radius 1 is 0.500 bits per heavy atom. The van der Waals surface area contributed by atoms with Gasteiger partial charge in [-0.3, -0.25) is 0 Å². The number of benzene rings is 2. The van der Waals surface area contributed by atoms with Crippen molar-refractivity contribution in [3.05, 3.63) is 105 Å². The second kappa shape index (κ2) is 10.00. The first kappa shape index (κ1) is 27.2. The van der Waals surface area contributed by atoms with E-state index in [1.165, 1.54) is 46.9 Å². The van der Waals surface area contributed by atoms with Crippen molar-refractivity contribution < 1.29 is 26.3 Å². The van der Waals surface area contributed by atoms with Crippen LogP contribution in [0.3, 0.4) is 0 Å². The number of rotatable bonds is 4. The molecule has 2 aromatic carbocycles. The monoisotopic (exact) mass is 650 g/mol. The molecule has 0 radical (unpaired) electrons. The fraction of sp³-hybridized carbons (Fsp3) is 0.154. The second-order valence-corrected chi connectivity index (χ2v) is 12.4. The maximum atomic E-state index is 13.0. The van der Waals surface area contributed by atoms with Gasteiger partial charge in [0, 0.05) is 12.4 Å². The molecule has 0 N–H and O–H groups in total. The van der Waals surface area contributed by atoms with Crippen molar-refractivity contribution in [3.63, 3.8) is 0 Å². The molecular weight excluding hydrogens is 639 g/mol. The van der Waals surface area contributed by atoms with E-state index in [0.717, 1.165) is 47.7 Å². The summed E-state index contributed by atoms with van der Waals surface area (Å²) in [5.41, 5.74) is 2.33. The van der Waals surface area contributed by atoms with E-state index in [2.05, 4.69) is 27.5 Å². The summed E-state index contributed by atoms with van der Waals surface area (Å²) in [5, 5.41) is 1.30. The van der Waals surface area contributed by atoms with Crippen molar-refractivity contribution in [3.8, 4) is 20.9 Å². The minimum Gasteiger partial charge on any atom is -0.248 e. The molecule has 0 unspecified atom stereocenters. The molecule has 212 valence electrons. The highest BCUT2D eigenvalue weighted by molar-refractivity contribution is 7.15. The van der Waals surface area contributed by atoms with Crippen molar-refractivity contribution >= 4 is 46.1 Å². The topological polar surface area (TPSA) is 77.3 Å². The normalized spacial score (nSPS) is 16.8. The molecule has 0 amide bonds. The first-order chi connectivity index (χ1) is 20.1. The van der Waals surface area contributed by atoms with E-state index in [4.69, 9.17) is 0 Å². The summed E-state index contributed by atoms with van der Waals surface area (Å²) in [4.78, 5) is 10.6. The molecule has 0 saturated carbocycles. The Morgan fingerprint density at radius 2 is 0.833 bits per heavy atom. The van der Waals surface area contributed by atoms with Crippen molar-refractivity contribution in [1.29, 1.82) is 0 Å². The number of nitrogens with zero attached hydrogens (tertiary/aromatic N) is 6. The van der Waals surface area contributed by atoms with Crippen molar-refractivity contribution in [1.82, 2.24) is 27.5 Å². The predicted octanol–water partition coefficient (Wildman–Crippen LogP) is 8.35. The fourth-order valence-corrected chi connectivity index (χ4v) is 7.98. The number of hydrogen-bond acceptors (Lipinski definition) is 10. The molecule has 0 spiro atoms. The van der Waals surface area contributed by atoms with Crippen molar-refractivity contribution in [2.75, 3.05) is 0 Å². The van der Waals surface area contributed by atoms with Gasteiger partial charge in [0.05, 0.1) is 67.1 Å². The number of hydrogen-bond donors (Lipinski definition) is 0. The van der Waals surface area contributed by atoms with Crippen LogP contribution in [0.2, 0.25) is 0 Å². The third-order valence-corrected chi connectivity index (χ3v) is 10.0. The molecule has 1 aliphatic carbocycles. The van der Waals surface area contributed by atoms with Gasteiger partial charge >= 0.3 is 12.4 Å². The maximum absolute atomic E-state index is 13.0. The van der Waals surface area contributed by atoms with Crippen LogP contribution in [0.25, 0.3) is 20.9 Å². The number of halogens is 6. The third kappa shape index (κ3) is 4.71. The lowest BCUT2D eigenvalue weighted by Crippen LogP contribution is -2.20. The molecule has 6 nitrogen and oxygen atoms in total. The lowest BCUT2D eigenvalue weighted by atomic mass is 9.84. The maximum Gasteiger partial charge on any atom is 0.416 e. The Morgan fingerprint density at radius 3 is 1.14 bits per heavy atom. The Bertz CT molecular complexity index is 1710. The van der Waals surface area contributed by atoms with Gasteiger partial charge in [0.2, 0.25) is 0 Å². The van der Waals surface area contributed by atoms with E-state index < -0.39 is 35.3 Å². The van der Waals surface area contributed by atoms with Gasteiger partial charge in [0.25, 0.3) is 0 Å². The van der Waals surface area contributed by atoms with Gasteiger partial charge < -0.3 is 0 Å². The summed E-state index contributed by atoms with van der Waals surface area (Å²) in [6.07, 6.45) is -5.61. The third-order valence-electron chi connectivity index (χ3n) is 6.71. The van der Waals surface area contributed by atoms with Gasteiger partial charge in [0.1, 0.15) is 21.9 Å². The van der Waals surface area contributed by atoms with E-state index in [1.54, 1.807) is 12.4 Å². The molecule has 0 fully saturated rings. The standard InChI is InChI=1S/C26H12F6N6S4/c27-25(28,29)13-5-1-11(2-6-13)15-9-33-23(39-15)17-19-21(37-41-35-19)18(22-20(17)36-42-38-22)24-34-10-16(40-24)12-3-7-14(8-4-12)26(30,31)32/h1-10,17-18H. The van der Waals surface area contributed by atoms with E-state index >= 15 is 0 Å². The highest BCUT2D eigenvalue weighted by atomic mass is 32.1. The first-order valence-electron chi connectivity index (χ1n) is 12.0. The van der Waals surface area contributed by atoms with Crippen molar-refractivity contribution in [2.45, 2.75) is 24.2 Å². The molecule has 0 bridgehead atoms. The number of alkyl halides is 6. The van der Waals surface area contributed by atoms with Crippen LogP contribution in [0, 0.1) is 0 Å². The zero-order chi connectivity index (χ0) is 29.2. The number of thiazole rings is 2. The lowest BCUT2D eigenvalue weighted by Gasteiger charge is -2.22. The van der Waals surface area contributed by atoms with Crippen LogP contribution in [0.5, 0.6) is 0 Å². The molecule has 0 saturated heterocycles. The summed E-state index contributed by atoms with van der Waals surface area (Å²) in [6.45, 7) is 0. The van der Waals surface area contributed by atoms with Gasteiger partial charge in [-0.25, -0.2) is 9.97 Å². The molecule has 7 rings (SSSR count). The van der Waals surface area contributed by atoms with Crippen LogP contribution < -0.4 is 0 Å². The zero-order valence-electron chi connectivity index (χ0n) is 20.5.